The summed E-state index contributed by atoms with van der Waals surface area (Å²) in [5, 5.41) is 8.76. The number of halogens is 2. The zero-order valence-corrected chi connectivity index (χ0v) is 8.94. The van der Waals surface area contributed by atoms with E-state index in [4.69, 9.17) is 5.11 Å². The Balaban J connectivity index is 2.13. The van der Waals surface area contributed by atoms with E-state index in [1.807, 2.05) is 0 Å². The van der Waals surface area contributed by atoms with Crippen LogP contribution in [0.3, 0.4) is 0 Å². The molecule has 1 aliphatic rings. The van der Waals surface area contributed by atoms with Gasteiger partial charge in [-0.1, -0.05) is 0 Å². The molecule has 1 aliphatic heterocycles. The van der Waals surface area contributed by atoms with E-state index < -0.39 is 11.9 Å². The van der Waals surface area contributed by atoms with Crippen molar-refractivity contribution in [3.8, 4) is 0 Å². The molecule has 0 atom stereocenters. The molecule has 92 valence electrons. The lowest BCUT2D eigenvalue weighted by molar-refractivity contribution is -0.0221. The van der Waals surface area contributed by atoms with Crippen molar-refractivity contribution >= 4 is 11.8 Å². The topological polar surface area (TPSA) is 66.3 Å². The average Bonchev–Trinajstić information content (AvgIpc) is 2.29. The van der Waals surface area contributed by atoms with Crippen LogP contribution in [0.15, 0.2) is 12.4 Å². The van der Waals surface area contributed by atoms with Gasteiger partial charge in [-0.2, -0.15) is 0 Å². The number of carboxylic acids is 1. The Labute approximate surface area is 96.1 Å². The van der Waals surface area contributed by atoms with Gasteiger partial charge in [-0.25, -0.2) is 23.5 Å². The summed E-state index contributed by atoms with van der Waals surface area (Å²) in [5.41, 5.74) is -0.132. The second-order valence-corrected chi connectivity index (χ2v) is 3.91. The molecule has 0 amide bonds. The molecular formula is C10H11F2N3O2. The summed E-state index contributed by atoms with van der Waals surface area (Å²) in [6, 6.07) is 1.30. The Bertz CT molecular complexity index is 429. The number of rotatable bonds is 2. The third-order valence-electron chi connectivity index (χ3n) is 2.69. The highest BCUT2D eigenvalue weighted by atomic mass is 19.3. The van der Waals surface area contributed by atoms with Gasteiger partial charge in [0, 0.05) is 32.0 Å². The van der Waals surface area contributed by atoms with E-state index in [1.54, 1.807) is 4.90 Å². The Kier molecular flexibility index (Phi) is 2.91. The molecular weight excluding hydrogens is 232 g/mol. The highest BCUT2D eigenvalue weighted by Gasteiger charge is 2.34. The lowest BCUT2D eigenvalue weighted by atomic mass is 10.1. The smallest absolute Gasteiger partial charge is 0.354 e. The predicted octanol–water partition coefficient (Wildman–Crippen LogP) is 1.41. The second-order valence-electron chi connectivity index (χ2n) is 3.91. The third kappa shape index (κ3) is 2.66. The summed E-state index contributed by atoms with van der Waals surface area (Å²) >= 11 is 0. The minimum absolute atomic E-state index is 0.132. The summed E-state index contributed by atoms with van der Waals surface area (Å²) in [6.45, 7) is 0.339. The SMILES string of the molecule is O=C(O)c1cc(N2CCC(F)(F)CC2)ncn1. The molecule has 2 heterocycles. The lowest BCUT2D eigenvalue weighted by Gasteiger charge is -2.32. The van der Waals surface area contributed by atoms with Crippen LogP contribution < -0.4 is 4.90 Å². The van der Waals surface area contributed by atoms with E-state index in [1.165, 1.54) is 6.07 Å². The number of hydrogen-bond donors (Lipinski definition) is 1. The first-order chi connectivity index (χ1) is 7.98. The van der Waals surface area contributed by atoms with Crippen molar-refractivity contribution in [1.82, 2.24) is 9.97 Å². The largest absolute Gasteiger partial charge is 0.477 e. The van der Waals surface area contributed by atoms with Crippen LogP contribution in [0.5, 0.6) is 0 Å². The van der Waals surface area contributed by atoms with Crippen LogP contribution in [0.1, 0.15) is 23.3 Å². The molecule has 1 aromatic heterocycles. The molecule has 0 spiro atoms. The molecule has 2 rings (SSSR count). The van der Waals surface area contributed by atoms with Crippen molar-refractivity contribution < 1.29 is 18.7 Å². The molecule has 1 fully saturated rings. The van der Waals surface area contributed by atoms with Crippen molar-refractivity contribution in [3.63, 3.8) is 0 Å². The number of hydrogen-bond acceptors (Lipinski definition) is 4. The maximum atomic E-state index is 12.9. The fourth-order valence-electron chi connectivity index (χ4n) is 1.70. The van der Waals surface area contributed by atoms with Crippen molar-refractivity contribution in [3.05, 3.63) is 18.1 Å². The quantitative estimate of drug-likeness (QED) is 0.850. The van der Waals surface area contributed by atoms with Gasteiger partial charge in [0.2, 0.25) is 0 Å². The van der Waals surface area contributed by atoms with E-state index >= 15 is 0 Å². The second kappa shape index (κ2) is 4.23. The predicted molar refractivity (Wildman–Crippen MR) is 55.4 cm³/mol. The van der Waals surface area contributed by atoms with Crippen LogP contribution in [-0.2, 0) is 0 Å². The van der Waals surface area contributed by atoms with Crippen LogP contribution >= 0.6 is 0 Å². The van der Waals surface area contributed by atoms with Gasteiger partial charge in [-0.05, 0) is 0 Å². The molecule has 0 saturated carbocycles. The fraction of sp³-hybridized carbons (Fsp3) is 0.500. The van der Waals surface area contributed by atoms with Gasteiger partial charge < -0.3 is 10.0 Å². The molecule has 7 heteroatoms. The highest BCUT2D eigenvalue weighted by molar-refractivity contribution is 5.86. The van der Waals surface area contributed by atoms with Crippen LogP contribution in [-0.4, -0.2) is 40.1 Å². The van der Waals surface area contributed by atoms with Gasteiger partial charge in [0.25, 0.3) is 5.92 Å². The van der Waals surface area contributed by atoms with Crippen molar-refractivity contribution in [2.24, 2.45) is 0 Å². The van der Waals surface area contributed by atoms with Gasteiger partial charge in [0.15, 0.2) is 5.69 Å². The summed E-state index contributed by atoms with van der Waals surface area (Å²) < 4.78 is 25.9. The van der Waals surface area contributed by atoms with E-state index in [0.717, 1.165) is 6.33 Å². The molecule has 0 aliphatic carbocycles. The maximum Gasteiger partial charge on any atom is 0.354 e. The molecule has 1 aromatic rings. The molecule has 0 unspecified atom stereocenters. The van der Waals surface area contributed by atoms with Gasteiger partial charge >= 0.3 is 5.97 Å². The average molecular weight is 243 g/mol. The minimum Gasteiger partial charge on any atom is -0.477 e. The Morgan fingerprint density at radius 2 is 2.00 bits per heavy atom. The minimum atomic E-state index is -2.63. The number of aromatic nitrogens is 2. The van der Waals surface area contributed by atoms with Crippen molar-refractivity contribution in [2.75, 3.05) is 18.0 Å². The lowest BCUT2D eigenvalue weighted by Crippen LogP contribution is -2.39. The first-order valence-electron chi connectivity index (χ1n) is 5.16. The van der Waals surface area contributed by atoms with E-state index in [-0.39, 0.29) is 31.6 Å². The Morgan fingerprint density at radius 3 is 2.59 bits per heavy atom. The summed E-state index contributed by atoms with van der Waals surface area (Å²) in [6.07, 6.45) is 0.657. The number of anilines is 1. The van der Waals surface area contributed by atoms with Crippen molar-refractivity contribution in [1.29, 1.82) is 0 Å². The summed E-state index contributed by atoms with van der Waals surface area (Å²) in [7, 11) is 0. The molecule has 0 bridgehead atoms. The van der Waals surface area contributed by atoms with Crippen LogP contribution in [0.2, 0.25) is 0 Å². The van der Waals surface area contributed by atoms with E-state index in [9.17, 15) is 13.6 Å². The maximum absolute atomic E-state index is 12.9. The number of alkyl halides is 2. The Hall–Kier alpha value is -1.79. The first-order valence-corrected chi connectivity index (χ1v) is 5.16. The van der Waals surface area contributed by atoms with Gasteiger partial charge in [-0.3, -0.25) is 0 Å². The normalized spacial score (nSPS) is 19.1. The number of piperidine rings is 1. The monoisotopic (exact) mass is 243 g/mol. The van der Waals surface area contributed by atoms with Gasteiger partial charge in [0.05, 0.1) is 0 Å². The molecule has 17 heavy (non-hydrogen) atoms. The fourth-order valence-corrected chi connectivity index (χ4v) is 1.70. The standard InChI is InChI=1S/C10H11F2N3O2/c11-10(12)1-3-15(4-2-10)8-5-7(9(16)17)13-6-14-8/h5-6H,1-4H2,(H,16,17). The number of nitrogens with zero attached hydrogens (tertiary/aromatic N) is 3. The van der Waals surface area contributed by atoms with Crippen LogP contribution in [0.25, 0.3) is 0 Å². The zero-order chi connectivity index (χ0) is 12.5. The molecule has 1 N–H and O–H groups in total. The first kappa shape index (κ1) is 11.7. The third-order valence-corrected chi connectivity index (χ3v) is 2.69. The van der Waals surface area contributed by atoms with Gasteiger partial charge in [0.1, 0.15) is 12.1 Å². The van der Waals surface area contributed by atoms with E-state index in [2.05, 4.69) is 9.97 Å². The molecule has 0 aromatic carbocycles. The van der Waals surface area contributed by atoms with Crippen molar-refractivity contribution in [2.45, 2.75) is 18.8 Å². The molecule has 1 saturated heterocycles. The summed E-state index contributed by atoms with van der Waals surface area (Å²) in [5.74, 6) is -3.40. The molecule has 5 nitrogen and oxygen atoms in total. The van der Waals surface area contributed by atoms with Crippen LogP contribution in [0, 0.1) is 0 Å². The number of carboxylic acid groups (broad SMARTS) is 1. The Morgan fingerprint density at radius 1 is 1.35 bits per heavy atom. The zero-order valence-electron chi connectivity index (χ0n) is 8.94. The van der Waals surface area contributed by atoms with Gasteiger partial charge in [-0.15, -0.1) is 0 Å². The molecule has 0 radical (unpaired) electrons. The highest BCUT2D eigenvalue weighted by Crippen LogP contribution is 2.29. The number of aromatic carboxylic acids is 1. The van der Waals surface area contributed by atoms with Crippen LogP contribution in [0.4, 0.5) is 14.6 Å². The van der Waals surface area contributed by atoms with E-state index in [0.29, 0.717) is 5.82 Å². The number of carbonyl (C=O) groups is 1. The summed E-state index contributed by atoms with van der Waals surface area (Å²) in [4.78, 5) is 19.8.